The molecule has 0 radical (unpaired) electrons. The average Bonchev–Trinajstić information content (AvgIpc) is 3.41. The molecule has 2 N–H and O–H groups in total. The lowest BCUT2D eigenvalue weighted by molar-refractivity contribution is -0.131. The van der Waals surface area contributed by atoms with Crippen molar-refractivity contribution >= 4 is 23.2 Å². The molecule has 6 heteroatoms. The van der Waals surface area contributed by atoms with Gasteiger partial charge in [-0.1, -0.05) is 42.5 Å². The van der Waals surface area contributed by atoms with Gasteiger partial charge in [0.1, 0.15) is 5.82 Å². The second kappa shape index (κ2) is 8.40. The molecule has 1 unspecified atom stereocenters. The molecular weight excluding hydrogens is 399 g/mol. The quantitative estimate of drug-likeness (QED) is 0.652. The molecule has 1 aromatic heterocycles. The highest BCUT2D eigenvalue weighted by atomic mass is 32.1. The van der Waals surface area contributed by atoms with Crippen LogP contribution in [0.25, 0.3) is 10.4 Å². The van der Waals surface area contributed by atoms with Crippen LogP contribution in [-0.2, 0) is 22.4 Å². The van der Waals surface area contributed by atoms with Crippen LogP contribution in [0.4, 0.5) is 4.39 Å². The number of halogens is 1. The Bertz CT molecular complexity index is 1050. The Balaban J connectivity index is 1.53. The van der Waals surface area contributed by atoms with Crippen molar-refractivity contribution in [2.75, 3.05) is 13.1 Å². The fraction of sp³-hybridized carbons (Fsp3) is 0.250. The third-order valence-electron chi connectivity index (χ3n) is 5.83. The first-order chi connectivity index (χ1) is 14.5. The third kappa shape index (κ3) is 4.14. The number of carbonyl (C=O) groups is 2. The number of hydrogen-bond acceptors (Lipinski definition) is 3. The number of amides is 2. The third-order valence-corrected chi connectivity index (χ3v) is 6.73. The van der Waals surface area contributed by atoms with E-state index >= 15 is 0 Å². The Morgan fingerprint density at radius 1 is 1.07 bits per heavy atom. The molecule has 0 spiro atoms. The van der Waals surface area contributed by atoms with Crippen molar-refractivity contribution in [3.05, 3.63) is 83.0 Å². The molecule has 4 rings (SSSR count). The number of rotatable bonds is 6. The normalized spacial score (nSPS) is 18.5. The molecule has 1 fully saturated rings. The van der Waals surface area contributed by atoms with Crippen molar-refractivity contribution in [1.82, 2.24) is 4.90 Å². The fourth-order valence-corrected chi connectivity index (χ4v) is 4.90. The van der Waals surface area contributed by atoms with E-state index in [2.05, 4.69) is 12.1 Å². The summed E-state index contributed by atoms with van der Waals surface area (Å²) in [6.45, 7) is 0.797. The Morgan fingerprint density at radius 2 is 1.83 bits per heavy atom. The summed E-state index contributed by atoms with van der Waals surface area (Å²) in [5.74, 6) is -0.777. The number of nitrogens with zero attached hydrogens (tertiary/aromatic N) is 1. The first-order valence-electron chi connectivity index (χ1n) is 9.91. The van der Waals surface area contributed by atoms with E-state index in [4.69, 9.17) is 5.73 Å². The number of nitrogens with two attached hydrogens (primary N) is 1. The molecule has 1 aliphatic rings. The Morgan fingerprint density at radius 3 is 2.53 bits per heavy atom. The first kappa shape index (κ1) is 20.3. The van der Waals surface area contributed by atoms with Gasteiger partial charge in [-0.05, 0) is 53.1 Å². The maximum Gasteiger partial charge on any atom is 0.227 e. The summed E-state index contributed by atoms with van der Waals surface area (Å²) in [5, 5.41) is 2.03. The maximum absolute atomic E-state index is 13.1. The van der Waals surface area contributed by atoms with Crippen LogP contribution < -0.4 is 5.73 Å². The van der Waals surface area contributed by atoms with E-state index in [9.17, 15) is 14.0 Å². The highest BCUT2D eigenvalue weighted by Gasteiger charge is 2.45. The van der Waals surface area contributed by atoms with E-state index in [1.165, 1.54) is 12.1 Å². The van der Waals surface area contributed by atoms with Crippen LogP contribution in [0.15, 0.2) is 66.0 Å². The van der Waals surface area contributed by atoms with Crippen molar-refractivity contribution in [1.29, 1.82) is 0 Å². The van der Waals surface area contributed by atoms with E-state index in [0.29, 0.717) is 25.9 Å². The van der Waals surface area contributed by atoms with E-state index in [-0.39, 0.29) is 24.1 Å². The molecule has 0 aliphatic carbocycles. The summed E-state index contributed by atoms with van der Waals surface area (Å²) in [4.78, 5) is 28.2. The lowest BCUT2D eigenvalue weighted by atomic mass is 9.79. The van der Waals surface area contributed by atoms with E-state index in [1.807, 2.05) is 29.6 Å². The molecular formula is C24H23FN2O2S. The Kier molecular flexibility index (Phi) is 5.68. The minimum atomic E-state index is -0.786. The second-order valence-electron chi connectivity index (χ2n) is 7.82. The Hall–Kier alpha value is -2.99. The van der Waals surface area contributed by atoms with Crippen molar-refractivity contribution in [2.45, 2.75) is 19.3 Å². The molecule has 2 amide bonds. The maximum atomic E-state index is 13.1. The SMILES string of the molecule is NC(=O)C1(Cc2ccccc2-c2cccs2)CCN(C(=O)Cc2ccc(F)cc2)C1. The number of hydrogen-bond donors (Lipinski definition) is 1. The van der Waals surface area contributed by atoms with Crippen LogP contribution in [0.1, 0.15) is 17.5 Å². The van der Waals surface area contributed by atoms with Gasteiger partial charge in [-0.3, -0.25) is 9.59 Å². The van der Waals surface area contributed by atoms with Gasteiger partial charge < -0.3 is 10.6 Å². The molecule has 2 heterocycles. The summed E-state index contributed by atoms with van der Waals surface area (Å²) in [7, 11) is 0. The molecule has 1 saturated heterocycles. The van der Waals surface area contributed by atoms with Crippen molar-refractivity contribution in [3.8, 4) is 10.4 Å². The predicted molar refractivity (Wildman–Crippen MR) is 116 cm³/mol. The van der Waals surface area contributed by atoms with E-state index < -0.39 is 5.41 Å². The van der Waals surface area contributed by atoms with Gasteiger partial charge in [0.15, 0.2) is 0 Å². The van der Waals surface area contributed by atoms with Crippen LogP contribution in [0.3, 0.4) is 0 Å². The molecule has 2 aromatic carbocycles. The van der Waals surface area contributed by atoms with E-state index in [1.54, 1.807) is 28.4 Å². The molecule has 154 valence electrons. The second-order valence-corrected chi connectivity index (χ2v) is 8.77. The first-order valence-corrected chi connectivity index (χ1v) is 10.8. The number of carbonyl (C=O) groups excluding carboxylic acids is 2. The zero-order valence-electron chi connectivity index (χ0n) is 16.5. The molecule has 3 aromatic rings. The van der Waals surface area contributed by atoms with Crippen LogP contribution in [0.5, 0.6) is 0 Å². The van der Waals surface area contributed by atoms with Gasteiger partial charge >= 0.3 is 0 Å². The van der Waals surface area contributed by atoms with Crippen LogP contribution >= 0.6 is 11.3 Å². The number of thiophene rings is 1. The van der Waals surface area contributed by atoms with Crippen molar-refractivity contribution < 1.29 is 14.0 Å². The smallest absolute Gasteiger partial charge is 0.227 e. The van der Waals surface area contributed by atoms with Gasteiger partial charge in [0.05, 0.1) is 11.8 Å². The average molecular weight is 423 g/mol. The number of benzene rings is 2. The van der Waals surface area contributed by atoms with Gasteiger partial charge in [0, 0.05) is 18.0 Å². The van der Waals surface area contributed by atoms with Gasteiger partial charge in [-0.2, -0.15) is 0 Å². The van der Waals surface area contributed by atoms with E-state index in [0.717, 1.165) is 21.6 Å². The van der Waals surface area contributed by atoms with Crippen LogP contribution in [0, 0.1) is 11.2 Å². The summed E-state index contributed by atoms with van der Waals surface area (Å²) < 4.78 is 13.1. The topological polar surface area (TPSA) is 63.4 Å². The molecule has 1 aliphatic heterocycles. The number of primary amides is 1. The molecule has 0 bridgehead atoms. The molecule has 30 heavy (non-hydrogen) atoms. The largest absolute Gasteiger partial charge is 0.369 e. The molecule has 4 nitrogen and oxygen atoms in total. The minimum absolute atomic E-state index is 0.0729. The Labute approximate surface area is 179 Å². The van der Waals surface area contributed by atoms with Gasteiger partial charge in [-0.15, -0.1) is 11.3 Å². The van der Waals surface area contributed by atoms with Gasteiger partial charge in [-0.25, -0.2) is 4.39 Å². The fourth-order valence-electron chi connectivity index (χ4n) is 4.12. The lowest BCUT2D eigenvalue weighted by Crippen LogP contribution is -2.42. The van der Waals surface area contributed by atoms with Crippen molar-refractivity contribution in [3.63, 3.8) is 0 Å². The summed E-state index contributed by atoms with van der Waals surface area (Å²) in [6, 6.07) is 18.0. The summed E-state index contributed by atoms with van der Waals surface area (Å²) in [5.41, 5.74) is 7.99. The predicted octanol–water partition coefficient (Wildman–Crippen LogP) is 4.04. The highest BCUT2D eigenvalue weighted by molar-refractivity contribution is 7.13. The zero-order chi connectivity index (χ0) is 21.1. The number of likely N-dealkylation sites (tertiary alicyclic amines) is 1. The van der Waals surface area contributed by atoms with Crippen molar-refractivity contribution in [2.24, 2.45) is 11.1 Å². The summed E-state index contributed by atoms with van der Waals surface area (Å²) >= 11 is 1.66. The zero-order valence-corrected chi connectivity index (χ0v) is 17.3. The van der Waals surface area contributed by atoms with Crippen LogP contribution in [0.2, 0.25) is 0 Å². The molecule has 1 atom stereocenters. The monoisotopic (exact) mass is 422 g/mol. The standard InChI is InChI=1S/C24H23FN2O2S/c25-19-9-7-17(8-10-19)14-22(28)27-12-11-24(16-27,23(26)29)15-18-4-1-2-5-20(18)21-6-3-13-30-21/h1-10,13H,11-12,14-16H2,(H2,26,29). The highest BCUT2D eigenvalue weighted by Crippen LogP contribution is 2.38. The van der Waals surface area contributed by atoms with Gasteiger partial charge in [0.25, 0.3) is 0 Å². The molecule has 0 saturated carbocycles. The van der Waals surface area contributed by atoms with Crippen LogP contribution in [-0.4, -0.2) is 29.8 Å². The lowest BCUT2D eigenvalue weighted by Gasteiger charge is -2.27. The summed E-state index contributed by atoms with van der Waals surface area (Å²) in [6.07, 6.45) is 1.22. The van der Waals surface area contributed by atoms with Gasteiger partial charge in [0.2, 0.25) is 11.8 Å². The minimum Gasteiger partial charge on any atom is -0.369 e.